The van der Waals surface area contributed by atoms with Crippen LogP contribution in [0.3, 0.4) is 0 Å². The fourth-order valence-electron chi connectivity index (χ4n) is 1.75. The van der Waals surface area contributed by atoms with E-state index in [0.717, 1.165) is 0 Å². The predicted octanol–water partition coefficient (Wildman–Crippen LogP) is 2.49. The highest BCUT2D eigenvalue weighted by atomic mass is 16.5. The number of rotatable bonds is 3. The molecule has 2 aromatic heterocycles. The van der Waals surface area contributed by atoms with Gasteiger partial charge in [-0.25, -0.2) is 9.78 Å². The minimum atomic E-state index is -0.428. The maximum Gasteiger partial charge on any atom is 0.344 e. The molecule has 3 aromatic rings. The summed E-state index contributed by atoms with van der Waals surface area (Å²) in [5.41, 5.74) is 0.487. The van der Waals surface area contributed by atoms with Gasteiger partial charge in [-0.15, -0.1) is 0 Å². The summed E-state index contributed by atoms with van der Waals surface area (Å²) in [6.45, 7) is 0. The lowest BCUT2D eigenvalue weighted by molar-refractivity contribution is 0.0723. The highest BCUT2D eigenvalue weighted by molar-refractivity contribution is 5.90. The van der Waals surface area contributed by atoms with Gasteiger partial charge < -0.3 is 4.74 Å². The van der Waals surface area contributed by atoms with Crippen molar-refractivity contribution in [2.75, 3.05) is 0 Å². The summed E-state index contributed by atoms with van der Waals surface area (Å²) in [5, 5.41) is 4.11. The van der Waals surface area contributed by atoms with E-state index in [1.54, 1.807) is 48.8 Å². The van der Waals surface area contributed by atoms with Gasteiger partial charge in [-0.2, -0.15) is 9.78 Å². The molecule has 0 aliphatic carbocycles. The Hall–Kier alpha value is -2.95. The maximum absolute atomic E-state index is 12.0. The molecular weight excluding hydrogens is 254 g/mol. The molecule has 0 atom stereocenters. The van der Waals surface area contributed by atoms with Crippen LogP contribution in [0.2, 0.25) is 0 Å². The number of hydrogen-bond acceptors (Lipinski definition) is 4. The first kappa shape index (κ1) is 12.1. The Morgan fingerprint density at radius 2 is 1.75 bits per heavy atom. The quantitative estimate of drug-likeness (QED) is 0.683. The van der Waals surface area contributed by atoms with Gasteiger partial charge in [0.1, 0.15) is 0 Å². The Morgan fingerprint density at radius 1 is 0.950 bits per heavy atom. The normalized spacial score (nSPS) is 10.2. The van der Waals surface area contributed by atoms with Crippen molar-refractivity contribution in [2.24, 2.45) is 0 Å². The lowest BCUT2D eigenvalue weighted by atomic mass is 10.2. The first-order chi connectivity index (χ1) is 9.84. The van der Waals surface area contributed by atoms with Crippen molar-refractivity contribution in [2.45, 2.75) is 0 Å². The predicted molar refractivity (Wildman–Crippen MR) is 72.8 cm³/mol. The summed E-state index contributed by atoms with van der Waals surface area (Å²) in [4.78, 5) is 16.2. The van der Waals surface area contributed by atoms with Crippen LogP contribution in [0.15, 0.2) is 67.0 Å². The topological polar surface area (TPSA) is 57.0 Å². The number of carbonyl (C=O) groups is 1. The first-order valence-electron chi connectivity index (χ1n) is 6.07. The molecular formula is C15H11N3O2. The monoisotopic (exact) mass is 265 g/mol. The van der Waals surface area contributed by atoms with Gasteiger partial charge in [0.15, 0.2) is 5.82 Å². The summed E-state index contributed by atoms with van der Waals surface area (Å²) < 4.78 is 6.82. The molecule has 0 fully saturated rings. The molecule has 20 heavy (non-hydrogen) atoms. The molecule has 5 nitrogen and oxygen atoms in total. The minimum Gasteiger partial charge on any atom is -0.404 e. The van der Waals surface area contributed by atoms with E-state index in [4.69, 9.17) is 4.74 Å². The summed E-state index contributed by atoms with van der Waals surface area (Å²) >= 11 is 0. The number of ether oxygens (including phenoxy) is 1. The summed E-state index contributed by atoms with van der Waals surface area (Å²) in [5.74, 6) is 0.495. The summed E-state index contributed by atoms with van der Waals surface area (Å²) in [6, 6.07) is 15.9. The van der Waals surface area contributed by atoms with Gasteiger partial charge in [-0.3, -0.25) is 0 Å². The van der Waals surface area contributed by atoms with Gasteiger partial charge in [-0.1, -0.05) is 24.3 Å². The third kappa shape index (κ3) is 2.42. The van der Waals surface area contributed by atoms with Crippen molar-refractivity contribution >= 4 is 5.97 Å². The minimum absolute atomic E-state index is 0.331. The van der Waals surface area contributed by atoms with E-state index in [1.165, 1.54) is 4.68 Å². The van der Waals surface area contributed by atoms with Crippen molar-refractivity contribution < 1.29 is 9.53 Å². The number of nitrogens with zero attached hydrogens (tertiary/aromatic N) is 3. The largest absolute Gasteiger partial charge is 0.404 e. The molecule has 0 unspecified atom stereocenters. The second kappa shape index (κ2) is 5.36. The van der Waals surface area contributed by atoms with Gasteiger partial charge in [-0.05, 0) is 24.3 Å². The number of carbonyl (C=O) groups excluding carboxylic acids is 1. The molecule has 0 amide bonds. The average Bonchev–Trinajstić information content (AvgIpc) is 2.97. The lowest BCUT2D eigenvalue weighted by Gasteiger charge is -2.06. The van der Waals surface area contributed by atoms with Gasteiger partial charge in [0.05, 0.1) is 11.8 Å². The van der Waals surface area contributed by atoms with Crippen molar-refractivity contribution in [1.29, 1.82) is 0 Å². The molecule has 0 saturated carbocycles. The molecule has 2 heterocycles. The molecule has 0 N–H and O–H groups in total. The fraction of sp³-hybridized carbons (Fsp3) is 0. The van der Waals surface area contributed by atoms with Crippen molar-refractivity contribution in [3.8, 4) is 11.7 Å². The van der Waals surface area contributed by atoms with E-state index >= 15 is 0 Å². The van der Waals surface area contributed by atoms with Crippen LogP contribution >= 0.6 is 0 Å². The van der Waals surface area contributed by atoms with Crippen LogP contribution in [0, 0.1) is 0 Å². The van der Waals surface area contributed by atoms with Crippen LogP contribution in [0.5, 0.6) is 5.88 Å². The SMILES string of the molecule is O=C(Oc1ccnn1-c1ccccn1)c1ccccc1. The molecule has 0 aliphatic heterocycles. The van der Waals surface area contributed by atoms with Crippen LogP contribution in [0.1, 0.15) is 10.4 Å². The Labute approximate surface area is 115 Å². The van der Waals surface area contributed by atoms with Crippen LogP contribution in [-0.2, 0) is 0 Å². The third-order valence-corrected chi connectivity index (χ3v) is 2.68. The molecule has 0 bridgehead atoms. The summed E-state index contributed by atoms with van der Waals surface area (Å²) in [7, 11) is 0. The highest BCUT2D eigenvalue weighted by Gasteiger charge is 2.13. The van der Waals surface area contributed by atoms with Crippen LogP contribution in [0.4, 0.5) is 0 Å². The zero-order valence-corrected chi connectivity index (χ0v) is 10.5. The number of aromatic nitrogens is 3. The van der Waals surface area contributed by atoms with E-state index in [-0.39, 0.29) is 0 Å². The van der Waals surface area contributed by atoms with Gasteiger partial charge in [0, 0.05) is 12.3 Å². The zero-order valence-electron chi connectivity index (χ0n) is 10.5. The third-order valence-electron chi connectivity index (χ3n) is 2.68. The van der Waals surface area contributed by atoms with Gasteiger partial charge in [0.2, 0.25) is 5.88 Å². The fourth-order valence-corrected chi connectivity index (χ4v) is 1.75. The molecule has 0 aliphatic rings. The van der Waals surface area contributed by atoms with Crippen molar-refractivity contribution in [3.63, 3.8) is 0 Å². The molecule has 3 rings (SSSR count). The molecule has 1 aromatic carbocycles. The smallest absolute Gasteiger partial charge is 0.344 e. The Kier molecular flexibility index (Phi) is 3.24. The average molecular weight is 265 g/mol. The molecule has 0 saturated heterocycles. The Morgan fingerprint density at radius 3 is 2.50 bits per heavy atom. The van der Waals surface area contributed by atoms with Gasteiger partial charge in [0.25, 0.3) is 0 Å². The summed E-state index contributed by atoms with van der Waals surface area (Å²) in [6.07, 6.45) is 3.21. The van der Waals surface area contributed by atoms with Crippen LogP contribution in [0.25, 0.3) is 5.82 Å². The molecule has 98 valence electrons. The van der Waals surface area contributed by atoms with E-state index in [9.17, 15) is 4.79 Å². The standard InChI is InChI=1S/C15H11N3O2/c19-15(12-6-2-1-3-7-12)20-14-9-11-17-18(14)13-8-4-5-10-16-13/h1-11H. The second-order valence-electron chi connectivity index (χ2n) is 4.02. The highest BCUT2D eigenvalue weighted by Crippen LogP contribution is 2.16. The lowest BCUT2D eigenvalue weighted by Crippen LogP contribution is -2.12. The van der Waals surface area contributed by atoms with Crippen LogP contribution in [-0.4, -0.2) is 20.7 Å². The van der Waals surface area contributed by atoms with E-state index in [0.29, 0.717) is 17.3 Å². The molecule has 5 heteroatoms. The number of hydrogen-bond donors (Lipinski definition) is 0. The molecule has 0 spiro atoms. The van der Waals surface area contributed by atoms with Crippen molar-refractivity contribution in [3.05, 3.63) is 72.6 Å². The Balaban J connectivity index is 1.86. The van der Waals surface area contributed by atoms with E-state index in [1.807, 2.05) is 18.2 Å². The van der Waals surface area contributed by atoms with Crippen molar-refractivity contribution in [1.82, 2.24) is 14.8 Å². The van der Waals surface area contributed by atoms with E-state index < -0.39 is 5.97 Å². The van der Waals surface area contributed by atoms with Gasteiger partial charge >= 0.3 is 5.97 Å². The molecule has 0 radical (unpaired) electrons. The second-order valence-corrected chi connectivity index (χ2v) is 4.02. The van der Waals surface area contributed by atoms with Crippen LogP contribution < -0.4 is 4.74 Å². The number of benzene rings is 1. The number of pyridine rings is 1. The first-order valence-corrected chi connectivity index (χ1v) is 6.07. The number of esters is 1. The zero-order chi connectivity index (χ0) is 13.8. The maximum atomic E-state index is 12.0. The Bertz CT molecular complexity index is 708. The van der Waals surface area contributed by atoms with E-state index in [2.05, 4.69) is 10.1 Å².